The average Bonchev–Trinajstić information content (AvgIpc) is 2.83. The van der Waals surface area contributed by atoms with E-state index >= 15 is 0 Å². The van der Waals surface area contributed by atoms with Crippen molar-refractivity contribution >= 4 is 5.91 Å². The number of ether oxygens (including phenoxy) is 1. The van der Waals surface area contributed by atoms with Gasteiger partial charge in [-0.25, -0.2) is 0 Å². The molecule has 3 N–H and O–H groups in total. The van der Waals surface area contributed by atoms with Gasteiger partial charge < -0.3 is 20.3 Å². The van der Waals surface area contributed by atoms with Crippen molar-refractivity contribution in [2.24, 2.45) is 5.73 Å². The fourth-order valence-corrected chi connectivity index (χ4v) is 1.59. The van der Waals surface area contributed by atoms with Crippen LogP contribution in [0.25, 0.3) is 0 Å². The van der Waals surface area contributed by atoms with Gasteiger partial charge in [-0.15, -0.1) is 0 Å². The van der Waals surface area contributed by atoms with E-state index in [2.05, 4.69) is 17.4 Å². The molecule has 1 heterocycles. The van der Waals surface area contributed by atoms with Crippen LogP contribution in [0.4, 0.5) is 0 Å². The molecule has 0 saturated heterocycles. The van der Waals surface area contributed by atoms with Crippen LogP contribution in [0.2, 0.25) is 0 Å². The van der Waals surface area contributed by atoms with E-state index in [0.29, 0.717) is 18.9 Å². The van der Waals surface area contributed by atoms with Crippen LogP contribution >= 0.6 is 0 Å². The minimum atomic E-state index is -0.257. The van der Waals surface area contributed by atoms with Crippen molar-refractivity contribution in [2.75, 3.05) is 13.7 Å². The topological polar surface area (TPSA) is 90.4 Å². The van der Waals surface area contributed by atoms with Gasteiger partial charge in [-0.05, 0) is 6.42 Å². The third-order valence-electron chi connectivity index (χ3n) is 2.60. The molecule has 1 atom stereocenters. The predicted octanol–water partition coefficient (Wildman–Crippen LogP) is 1.07. The minimum absolute atomic E-state index is 0.0139. The van der Waals surface area contributed by atoms with Crippen LogP contribution in [-0.2, 0) is 11.3 Å². The normalized spacial score (nSPS) is 12.4. The highest BCUT2D eigenvalue weighted by Crippen LogP contribution is 2.06. The van der Waals surface area contributed by atoms with Gasteiger partial charge in [0, 0.05) is 25.8 Å². The summed E-state index contributed by atoms with van der Waals surface area (Å²) in [6.07, 6.45) is 2.99. The quantitative estimate of drug-likeness (QED) is 0.725. The molecule has 102 valence electrons. The van der Waals surface area contributed by atoms with Crippen molar-refractivity contribution in [3.63, 3.8) is 0 Å². The summed E-state index contributed by atoms with van der Waals surface area (Å²) in [6, 6.07) is 1.56. The zero-order valence-electron chi connectivity index (χ0n) is 10.9. The van der Waals surface area contributed by atoms with Gasteiger partial charge in [0.1, 0.15) is 6.61 Å². The van der Waals surface area contributed by atoms with E-state index in [1.165, 1.54) is 0 Å². The molecule has 0 aromatic carbocycles. The summed E-state index contributed by atoms with van der Waals surface area (Å²) in [5.41, 5.74) is 5.88. The summed E-state index contributed by atoms with van der Waals surface area (Å²) >= 11 is 0. The van der Waals surface area contributed by atoms with Crippen LogP contribution in [0.15, 0.2) is 10.6 Å². The molecule has 1 aromatic heterocycles. The van der Waals surface area contributed by atoms with E-state index in [9.17, 15) is 4.79 Å². The Labute approximate surface area is 107 Å². The molecule has 0 bridgehead atoms. The zero-order valence-corrected chi connectivity index (χ0v) is 10.9. The summed E-state index contributed by atoms with van der Waals surface area (Å²) in [7, 11) is 1.55. The molecule has 18 heavy (non-hydrogen) atoms. The van der Waals surface area contributed by atoms with E-state index in [0.717, 1.165) is 19.3 Å². The average molecular weight is 255 g/mol. The number of unbranched alkanes of at least 4 members (excludes halogenated alkanes) is 1. The van der Waals surface area contributed by atoms with Gasteiger partial charge in [-0.3, -0.25) is 4.79 Å². The van der Waals surface area contributed by atoms with Gasteiger partial charge in [-0.2, -0.15) is 0 Å². The first-order valence-electron chi connectivity index (χ1n) is 6.16. The fourth-order valence-electron chi connectivity index (χ4n) is 1.59. The second-order valence-electron chi connectivity index (χ2n) is 4.16. The highest BCUT2D eigenvalue weighted by Gasteiger charge is 2.16. The summed E-state index contributed by atoms with van der Waals surface area (Å²) < 4.78 is 9.85. The molecule has 6 heteroatoms. The standard InChI is InChI=1S/C12H21N3O3/c1-3-4-5-9(7-13)14-12(16)11-6-10(8-17-2)18-15-11/h6,9H,3-5,7-8,13H2,1-2H3,(H,14,16). The monoisotopic (exact) mass is 255 g/mol. The maximum Gasteiger partial charge on any atom is 0.273 e. The summed E-state index contributed by atoms with van der Waals surface area (Å²) in [5, 5.41) is 6.54. The number of amides is 1. The van der Waals surface area contributed by atoms with Crippen molar-refractivity contribution in [1.82, 2.24) is 10.5 Å². The molecule has 0 aliphatic carbocycles. The SMILES string of the molecule is CCCCC(CN)NC(=O)c1cc(COC)on1. The second-order valence-corrected chi connectivity index (χ2v) is 4.16. The van der Waals surface area contributed by atoms with Crippen LogP contribution in [0.1, 0.15) is 42.4 Å². The van der Waals surface area contributed by atoms with Gasteiger partial charge in [0.15, 0.2) is 11.5 Å². The summed E-state index contributed by atoms with van der Waals surface area (Å²) in [5.74, 6) is 0.271. The highest BCUT2D eigenvalue weighted by molar-refractivity contribution is 5.92. The Balaban J connectivity index is 2.51. The Morgan fingerprint density at radius 1 is 1.67 bits per heavy atom. The lowest BCUT2D eigenvalue weighted by Crippen LogP contribution is -2.40. The molecule has 1 rings (SSSR count). The molecule has 0 aliphatic rings. The maximum absolute atomic E-state index is 11.9. The van der Waals surface area contributed by atoms with Gasteiger partial charge >= 0.3 is 0 Å². The Kier molecular flexibility index (Phi) is 6.38. The fraction of sp³-hybridized carbons (Fsp3) is 0.667. The first-order chi connectivity index (χ1) is 8.71. The summed E-state index contributed by atoms with van der Waals surface area (Å²) in [4.78, 5) is 11.9. The Bertz CT molecular complexity index is 365. The number of hydrogen-bond donors (Lipinski definition) is 2. The van der Waals surface area contributed by atoms with Gasteiger partial charge in [0.2, 0.25) is 0 Å². The number of rotatable bonds is 8. The van der Waals surface area contributed by atoms with E-state index in [1.54, 1.807) is 13.2 Å². The first-order valence-corrected chi connectivity index (χ1v) is 6.16. The van der Waals surface area contributed by atoms with E-state index < -0.39 is 0 Å². The van der Waals surface area contributed by atoms with Crippen LogP contribution < -0.4 is 11.1 Å². The Hall–Kier alpha value is -1.40. The van der Waals surface area contributed by atoms with E-state index in [1.807, 2.05) is 0 Å². The Morgan fingerprint density at radius 2 is 2.44 bits per heavy atom. The van der Waals surface area contributed by atoms with E-state index in [4.69, 9.17) is 15.0 Å². The van der Waals surface area contributed by atoms with Crippen molar-refractivity contribution in [1.29, 1.82) is 0 Å². The largest absolute Gasteiger partial charge is 0.377 e. The molecule has 6 nitrogen and oxygen atoms in total. The van der Waals surface area contributed by atoms with Crippen LogP contribution in [-0.4, -0.2) is 30.8 Å². The van der Waals surface area contributed by atoms with Crippen molar-refractivity contribution in [3.05, 3.63) is 17.5 Å². The molecule has 1 amide bonds. The summed E-state index contributed by atoms with van der Waals surface area (Å²) in [6.45, 7) is 2.83. The number of nitrogens with zero attached hydrogens (tertiary/aromatic N) is 1. The molecule has 0 spiro atoms. The molecule has 1 unspecified atom stereocenters. The molecule has 0 aliphatic heterocycles. The lowest BCUT2D eigenvalue weighted by molar-refractivity contribution is 0.0926. The molecule has 0 fully saturated rings. The number of nitrogens with one attached hydrogen (secondary N) is 1. The Morgan fingerprint density at radius 3 is 3.06 bits per heavy atom. The predicted molar refractivity (Wildman–Crippen MR) is 67.0 cm³/mol. The number of hydrogen-bond acceptors (Lipinski definition) is 5. The maximum atomic E-state index is 11.9. The van der Waals surface area contributed by atoms with Gasteiger partial charge in [0.05, 0.1) is 0 Å². The molecular formula is C12H21N3O3. The lowest BCUT2D eigenvalue weighted by atomic mass is 10.1. The highest BCUT2D eigenvalue weighted by atomic mass is 16.5. The number of aromatic nitrogens is 1. The van der Waals surface area contributed by atoms with Gasteiger partial charge in [-0.1, -0.05) is 24.9 Å². The van der Waals surface area contributed by atoms with Gasteiger partial charge in [0.25, 0.3) is 5.91 Å². The van der Waals surface area contributed by atoms with E-state index in [-0.39, 0.29) is 17.6 Å². The number of methoxy groups -OCH3 is 1. The number of nitrogens with two attached hydrogens (primary N) is 1. The lowest BCUT2D eigenvalue weighted by Gasteiger charge is -2.15. The molecule has 0 saturated carbocycles. The molecule has 0 radical (unpaired) electrons. The zero-order chi connectivity index (χ0) is 13.4. The second kappa shape index (κ2) is 7.84. The van der Waals surface area contributed by atoms with Crippen molar-refractivity contribution < 1.29 is 14.1 Å². The van der Waals surface area contributed by atoms with Crippen molar-refractivity contribution in [2.45, 2.75) is 38.8 Å². The number of carbonyl (C=O) groups excluding carboxylic acids is 1. The minimum Gasteiger partial charge on any atom is -0.377 e. The molecule has 1 aromatic rings. The van der Waals surface area contributed by atoms with Crippen molar-refractivity contribution in [3.8, 4) is 0 Å². The molecular weight excluding hydrogens is 234 g/mol. The van der Waals surface area contributed by atoms with Crippen LogP contribution in [0.5, 0.6) is 0 Å². The van der Waals surface area contributed by atoms with Crippen LogP contribution in [0.3, 0.4) is 0 Å². The first kappa shape index (κ1) is 14.7. The smallest absolute Gasteiger partial charge is 0.273 e. The van der Waals surface area contributed by atoms with Crippen LogP contribution in [0, 0.1) is 0 Å². The third kappa shape index (κ3) is 4.46. The third-order valence-corrected chi connectivity index (χ3v) is 2.60. The number of carbonyl (C=O) groups is 1.